The summed E-state index contributed by atoms with van der Waals surface area (Å²) in [6.07, 6.45) is 7.42. The van der Waals surface area contributed by atoms with Gasteiger partial charge in [0, 0.05) is 68.9 Å². The molecule has 1 aromatic carbocycles. The fourth-order valence-corrected chi connectivity index (χ4v) is 9.30. The summed E-state index contributed by atoms with van der Waals surface area (Å²) in [7, 11) is 1.51. The van der Waals surface area contributed by atoms with Crippen LogP contribution < -0.4 is 10.1 Å². The molecule has 5 aliphatic heterocycles. The van der Waals surface area contributed by atoms with Crippen molar-refractivity contribution in [2.45, 2.75) is 125 Å². The minimum absolute atomic E-state index is 0.0479. The summed E-state index contributed by atoms with van der Waals surface area (Å²) in [4.78, 5) is 72.3. The van der Waals surface area contributed by atoms with Gasteiger partial charge in [0.2, 0.25) is 11.6 Å². The number of hydrogen-bond donors (Lipinski definition) is 2. The van der Waals surface area contributed by atoms with E-state index in [1.807, 2.05) is 47.6 Å². The molecule has 0 saturated carbocycles. The molecule has 0 aromatic heterocycles. The lowest BCUT2D eigenvalue weighted by atomic mass is 9.77. The van der Waals surface area contributed by atoms with Crippen LogP contribution in [0, 0.1) is 36.5 Å². The monoisotopic (exact) mass is 832 g/mol. The zero-order chi connectivity index (χ0) is 44.2. The van der Waals surface area contributed by atoms with E-state index in [-0.39, 0.29) is 63.3 Å². The first-order chi connectivity index (χ1) is 28.1. The molecule has 14 heteroatoms. The number of methoxy groups -OCH3 is 1. The topological polar surface area (TPSA) is 176 Å². The van der Waals surface area contributed by atoms with Gasteiger partial charge in [0.05, 0.1) is 41.3 Å². The lowest BCUT2D eigenvalue weighted by Gasteiger charge is -2.50. The number of rotatable bonds is 3. The number of hydrogen-bond acceptors (Lipinski definition) is 13. The number of allylic oxidation sites excluding steroid dienone is 4. The number of ether oxygens (including phenoxy) is 6. The first-order valence-corrected chi connectivity index (χ1v) is 20.9. The highest BCUT2D eigenvalue weighted by Gasteiger charge is 2.54. The van der Waals surface area contributed by atoms with Crippen LogP contribution in [0.1, 0.15) is 119 Å². The highest BCUT2D eigenvalue weighted by atomic mass is 16.7. The number of fused-ring (bicyclic) bond motifs is 10. The Balaban J connectivity index is 1.50. The molecule has 7 rings (SSSR count). The number of phenols is 1. The standard InChI is InChI=1S/C46H60N2O12/c1-22-16-19-48(20-17-22)35-34-37(51)32-31(38(35)52)33-42(26(5)36(32)50)60-46(11,43(33)53)56-21-18-30(55-12)25(4)40(57-29(8)49)28(7)41-27(6)39(58-45(9,10)59-41)23(2)14-13-15-24(3)44(54)47-34/h13-15,18,21-23,25,27-28,30,39-41,50H,16-17,19-20H2,1-12H3,(H,47,54)/b14-13+,21-18+,24-15-/t23-,25+,27+,28+,30-,39-,40+,41-,46-/m0/s1. The van der Waals surface area contributed by atoms with Gasteiger partial charge in [-0.2, -0.15) is 0 Å². The van der Waals surface area contributed by atoms with Crippen molar-refractivity contribution in [3.63, 3.8) is 0 Å². The van der Waals surface area contributed by atoms with Gasteiger partial charge in [-0.05, 0) is 52.5 Å². The van der Waals surface area contributed by atoms with E-state index in [4.69, 9.17) is 28.4 Å². The molecule has 0 radical (unpaired) electrons. The predicted octanol–water partition coefficient (Wildman–Crippen LogP) is 6.49. The first kappa shape index (κ1) is 44.8. The number of nitrogens with zero attached hydrogens (tertiary/aromatic N) is 1. The van der Waals surface area contributed by atoms with Crippen molar-refractivity contribution in [3.05, 3.63) is 69.8 Å². The van der Waals surface area contributed by atoms with Crippen molar-refractivity contribution in [1.82, 2.24) is 10.2 Å². The number of carbonyl (C=O) groups excluding carboxylic acids is 5. The van der Waals surface area contributed by atoms with Crippen LogP contribution in [0.25, 0.3) is 0 Å². The van der Waals surface area contributed by atoms with E-state index in [2.05, 4.69) is 12.2 Å². The quantitative estimate of drug-likeness (QED) is 0.317. The molecule has 1 aromatic rings. The van der Waals surface area contributed by atoms with E-state index in [0.29, 0.717) is 19.0 Å². The number of Topliss-reactive ketones (excluding diaryl/α,β-unsaturated/α-hetero) is 3. The van der Waals surface area contributed by atoms with Crippen LogP contribution in [-0.4, -0.2) is 95.4 Å². The number of benzene rings is 1. The average Bonchev–Trinajstić information content (AvgIpc) is 3.45. The third kappa shape index (κ3) is 8.17. The van der Waals surface area contributed by atoms with Crippen LogP contribution in [-0.2, 0) is 33.3 Å². The van der Waals surface area contributed by atoms with E-state index in [1.165, 1.54) is 34.1 Å². The third-order valence-corrected chi connectivity index (χ3v) is 12.8. The van der Waals surface area contributed by atoms with Crippen LogP contribution in [0.2, 0.25) is 0 Å². The fraction of sp³-hybridized carbons (Fsp3) is 0.587. The zero-order valence-electron chi connectivity index (χ0n) is 36.8. The number of amides is 1. The molecule has 2 fully saturated rings. The molecule has 60 heavy (non-hydrogen) atoms. The van der Waals surface area contributed by atoms with Crippen LogP contribution in [0.4, 0.5) is 0 Å². The molecule has 2 N–H and O–H groups in total. The largest absolute Gasteiger partial charge is 0.507 e. The number of piperidine rings is 1. The Morgan fingerprint density at radius 1 is 0.883 bits per heavy atom. The second kappa shape index (κ2) is 16.9. The van der Waals surface area contributed by atoms with Crippen LogP contribution in [0.5, 0.6) is 11.5 Å². The summed E-state index contributed by atoms with van der Waals surface area (Å²) in [5.74, 6) is -7.83. The number of aromatic hydroxyl groups is 1. The molecule has 1 amide bonds. The number of ketones is 3. The van der Waals surface area contributed by atoms with Gasteiger partial charge >= 0.3 is 11.8 Å². The van der Waals surface area contributed by atoms with Gasteiger partial charge < -0.3 is 43.7 Å². The number of likely N-dealkylation sites (tertiary alicyclic amines) is 1. The molecule has 6 aliphatic rings. The van der Waals surface area contributed by atoms with Crippen molar-refractivity contribution in [2.24, 2.45) is 29.6 Å². The molecular formula is C46H60N2O12. The van der Waals surface area contributed by atoms with Crippen LogP contribution >= 0.6 is 0 Å². The average molecular weight is 833 g/mol. The van der Waals surface area contributed by atoms with Crippen molar-refractivity contribution >= 4 is 29.2 Å². The Kier molecular flexibility index (Phi) is 12.6. The molecule has 326 valence electrons. The first-order valence-electron chi connectivity index (χ1n) is 20.9. The Labute approximate surface area is 352 Å². The van der Waals surface area contributed by atoms with Crippen LogP contribution in [0.3, 0.4) is 0 Å². The Morgan fingerprint density at radius 2 is 1.53 bits per heavy atom. The Hall–Kier alpha value is -4.79. The number of esters is 1. The van der Waals surface area contributed by atoms with E-state index < -0.39 is 76.3 Å². The van der Waals surface area contributed by atoms with Crippen LogP contribution in [0.15, 0.2) is 47.5 Å². The number of nitrogens with one attached hydrogen (secondary N) is 1. The molecular weight excluding hydrogens is 773 g/mol. The number of carbonyl (C=O) groups is 5. The summed E-state index contributed by atoms with van der Waals surface area (Å²) in [6, 6.07) is 0. The fourth-order valence-electron chi connectivity index (χ4n) is 9.30. The molecule has 0 unspecified atom stereocenters. The van der Waals surface area contributed by atoms with Gasteiger partial charge in [-0.15, -0.1) is 0 Å². The third-order valence-electron chi connectivity index (χ3n) is 12.8. The minimum Gasteiger partial charge on any atom is -0.507 e. The lowest BCUT2D eigenvalue weighted by molar-refractivity contribution is -0.336. The van der Waals surface area contributed by atoms with E-state index in [1.54, 1.807) is 30.1 Å². The summed E-state index contributed by atoms with van der Waals surface area (Å²) in [5.41, 5.74) is -0.926. The van der Waals surface area contributed by atoms with E-state index in [0.717, 1.165) is 12.8 Å². The minimum atomic E-state index is -2.02. The van der Waals surface area contributed by atoms with Gasteiger partial charge in [0.15, 0.2) is 5.79 Å². The normalized spacial score (nSPS) is 34.6. The van der Waals surface area contributed by atoms with Gasteiger partial charge in [-0.25, -0.2) is 0 Å². The molecule has 9 atom stereocenters. The second-order valence-corrected chi connectivity index (χ2v) is 17.8. The predicted molar refractivity (Wildman–Crippen MR) is 220 cm³/mol. The van der Waals surface area contributed by atoms with Gasteiger partial charge in [-0.3, -0.25) is 24.0 Å². The highest BCUT2D eigenvalue weighted by Crippen LogP contribution is 2.49. The van der Waals surface area contributed by atoms with E-state index >= 15 is 0 Å². The molecule has 0 spiro atoms. The molecule has 1 aliphatic carbocycles. The number of phenolic OH excluding ortho intramolecular Hbond substituents is 1. The molecule has 7 bridgehead atoms. The Bertz CT molecular complexity index is 2070. The van der Waals surface area contributed by atoms with Gasteiger partial charge in [-0.1, -0.05) is 52.8 Å². The van der Waals surface area contributed by atoms with Crippen molar-refractivity contribution < 1.29 is 57.5 Å². The summed E-state index contributed by atoms with van der Waals surface area (Å²) in [6.45, 7) is 20.3. The second-order valence-electron chi connectivity index (χ2n) is 17.8. The SMILES string of the molecule is CO[C@H]1/C=C/O[C@@]2(C)Oc3c(C)c(O)c4c(c3C2=O)C(=O)C(N2CCC(C)CC2)=C(NC(=O)/C(C)=C\C=C\[C@H](C)[C@@H]2OC(C)(C)O[C@H]([C@H](C)[C@H](OC(C)=O)[C@@H]1C)[C@@H]2C)C4=O. The summed E-state index contributed by atoms with van der Waals surface area (Å²) < 4.78 is 37.2. The molecule has 2 saturated heterocycles. The Morgan fingerprint density at radius 3 is 2.17 bits per heavy atom. The maximum atomic E-state index is 14.9. The van der Waals surface area contributed by atoms with Crippen molar-refractivity contribution in [2.75, 3.05) is 20.2 Å². The van der Waals surface area contributed by atoms with E-state index in [9.17, 15) is 29.1 Å². The summed E-state index contributed by atoms with van der Waals surface area (Å²) in [5, 5.41) is 14.3. The lowest BCUT2D eigenvalue weighted by Crippen LogP contribution is -2.56. The summed E-state index contributed by atoms with van der Waals surface area (Å²) >= 11 is 0. The molecule has 14 nitrogen and oxygen atoms in total. The van der Waals surface area contributed by atoms with Crippen molar-refractivity contribution in [3.8, 4) is 11.5 Å². The van der Waals surface area contributed by atoms with Gasteiger partial charge in [0.25, 0.3) is 11.7 Å². The smallest absolute Gasteiger partial charge is 0.312 e. The maximum Gasteiger partial charge on any atom is 0.312 e. The van der Waals surface area contributed by atoms with Crippen molar-refractivity contribution in [1.29, 1.82) is 0 Å². The van der Waals surface area contributed by atoms with Gasteiger partial charge in [0.1, 0.15) is 29.0 Å². The molecule has 5 heterocycles. The zero-order valence-corrected chi connectivity index (χ0v) is 36.8. The maximum absolute atomic E-state index is 14.9. The highest BCUT2D eigenvalue weighted by molar-refractivity contribution is 6.32.